The van der Waals surface area contributed by atoms with E-state index < -0.39 is 11.8 Å². The van der Waals surface area contributed by atoms with Gasteiger partial charge >= 0.3 is 0 Å². The predicted octanol–water partition coefficient (Wildman–Crippen LogP) is 0.913. The zero-order valence-corrected chi connectivity index (χ0v) is 6.98. The topological polar surface area (TPSA) is 50.4 Å². The maximum atomic E-state index is 13.1. The SMILES string of the molecule is CN=C(NN)C1CCCC1(F)F. The van der Waals surface area contributed by atoms with Crippen molar-refractivity contribution in [1.29, 1.82) is 0 Å². The fraction of sp³-hybridized carbons (Fsp3) is 0.857. The van der Waals surface area contributed by atoms with Gasteiger partial charge in [0.2, 0.25) is 0 Å². The second-order valence-electron chi connectivity index (χ2n) is 2.96. The molecule has 12 heavy (non-hydrogen) atoms. The number of alkyl halides is 2. The number of hydrazine groups is 1. The highest BCUT2D eigenvalue weighted by Gasteiger charge is 2.46. The van der Waals surface area contributed by atoms with Crippen LogP contribution in [0.15, 0.2) is 4.99 Å². The van der Waals surface area contributed by atoms with Gasteiger partial charge in [0, 0.05) is 13.5 Å². The van der Waals surface area contributed by atoms with Gasteiger partial charge < -0.3 is 5.43 Å². The second-order valence-corrected chi connectivity index (χ2v) is 2.96. The molecule has 0 aliphatic heterocycles. The van der Waals surface area contributed by atoms with Gasteiger partial charge in [0.1, 0.15) is 5.84 Å². The molecule has 70 valence electrons. The molecule has 0 spiro atoms. The van der Waals surface area contributed by atoms with Crippen LogP contribution in [0, 0.1) is 5.92 Å². The third kappa shape index (κ3) is 1.55. The number of amidine groups is 1. The quantitative estimate of drug-likeness (QED) is 0.271. The summed E-state index contributed by atoms with van der Waals surface area (Å²) in [6.45, 7) is 0. The number of nitrogens with one attached hydrogen (secondary N) is 1. The largest absolute Gasteiger partial charge is 0.312 e. The Hall–Kier alpha value is -0.710. The van der Waals surface area contributed by atoms with Crippen molar-refractivity contribution in [2.45, 2.75) is 25.2 Å². The lowest BCUT2D eigenvalue weighted by molar-refractivity contribution is -0.0144. The lowest BCUT2D eigenvalue weighted by Crippen LogP contribution is -2.41. The Morgan fingerprint density at radius 1 is 1.67 bits per heavy atom. The minimum absolute atomic E-state index is 0.0572. The van der Waals surface area contributed by atoms with E-state index in [4.69, 9.17) is 5.84 Å². The van der Waals surface area contributed by atoms with Gasteiger partial charge in [-0.3, -0.25) is 4.99 Å². The van der Waals surface area contributed by atoms with Crippen LogP contribution in [0.3, 0.4) is 0 Å². The first-order valence-corrected chi connectivity index (χ1v) is 3.93. The number of hydrogen-bond donors (Lipinski definition) is 2. The molecule has 1 unspecified atom stereocenters. The van der Waals surface area contributed by atoms with Gasteiger partial charge in [-0.15, -0.1) is 0 Å². The summed E-state index contributed by atoms with van der Waals surface area (Å²) in [4.78, 5) is 3.68. The van der Waals surface area contributed by atoms with Crippen molar-refractivity contribution >= 4 is 5.84 Å². The molecule has 1 saturated carbocycles. The molecule has 1 rings (SSSR count). The number of rotatable bonds is 1. The second kappa shape index (κ2) is 3.35. The number of aliphatic imine (C=N–C) groups is 1. The number of halogens is 2. The molecule has 0 bridgehead atoms. The smallest absolute Gasteiger partial charge is 0.257 e. The molecule has 3 nitrogen and oxygen atoms in total. The van der Waals surface area contributed by atoms with E-state index >= 15 is 0 Å². The van der Waals surface area contributed by atoms with Crippen molar-refractivity contribution in [3.8, 4) is 0 Å². The molecule has 1 aliphatic rings. The molecule has 1 fully saturated rings. The van der Waals surface area contributed by atoms with Crippen LogP contribution >= 0.6 is 0 Å². The summed E-state index contributed by atoms with van der Waals surface area (Å²) >= 11 is 0. The van der Waals surface area contributed by atoms with Crippen LogP contribution in [-0.2, 0) is 0 Å². The first-order chi connectivity index (χ1) is 5.61. The average molecular weight is 177 g/mol. The summed E-state index contributed by atoms with van der Waals surface area (Å²) in [5.74, 6) is 1.83. The van der Waals surface area contributed by atoms with Gasteiger partial charge in [0.05, 0.1) is 5.92 Å². The van der Waals surface area contributed by atoms with Crippen molar-refractivity contribution < 1.29 is 8.78 Å². The molecular formula is C7H13F2N3. The molecule has 0 aromatic carbocycles. The molecule has 0 amide bonds. The highest BCUT2D eigenvalue weighted by Crippen LogP contribution is 2.40. The van der Waals surface area contributed by atoms with Gasteiger partial charge in [0.15, 0.2) is 0 Å². The van der Waals surface area contributed by atoms with Gasteiger partial charge in [-0.2, -0.15) is 0 Å². The summed E-state index contributed by atoms with van der Waals surface area (Å²) in [6.07, 6.45) is 0.945. The fourth-order valence-corrected chi connectivity index (χ4v) is 1.59. The lowest BCUT2D eigenvalue weighted by Gasteiger charge is -2.19. The first-order valence-electron chi connectivity index (χ1n) is 3.93. The molecule has 3 N–H and O–H groups in total. The number of nitrogens with zero attached hydrogens (tertiary/aromatic N) is 1. The lowest BCUT2D eigenvalue weighted by atomic mass is 10.0. The Morgan fingerprint density at radius 3 is 2.67 bits per heavy atom. The van der Waals surface area contributed by atoms with Crippen LogP contribution in [-0.4, -0.2) is 18.8 Å². The monoisotopic (exact) mass is 177 g/mol. The fourth-order valence-electron chi connectivity index (χ4n) is 1.59. The Labute approximate surface area is 70.0 Å². The van der Waals surface area contributed by atoms with Crippen molar-refractivity contribution in [3.05, 3.63) is 0 Å². The van der Waals surface area contributed by atoms with E-state index in [1.165, 1.54) is 7.05 Å². The minimum Gasteiger partial charge on any atom is -0.312 e. The summed E-state index contributed by atoms with van der Waals surface area (Å²) in [7, 11) is 1.46. The zero-order chi connectivity index (χ0) is 9.19. The molecule has 1 aliphatic carbocycles. The third-order valence-electron chi connectivity index (χ3n) is 2.23. The first kappa shape index (κ1) is 9.38. The van der Waals surface area contributed by atoms with Gasteiger partial charge in [-0.25, -0.2) is 14.6 Å². The normalized spacial score (nSPS) is 29.0. The van der Waals surface area contributed by atoms with Crippen LogP contribution in [0.1, 0.15) is 19.3 Å². The average Bonchev–Trinajstić information content (AvgIpc) is 2.34. The molecule has 0 aromatic rings. The van der Waals surface area contributed by atoms with Crippen LogP contribution < -0.4 is 11.3 Å². The highest BCUT2D eigenvalue weighted by atomic mass is 19.3. The Balaban J connectivity index is 2.74. The maximum Gasteiger partial charge on any atom is 0.257 e. The van der Waals surface area contributed by atoms with E-state index in [1.807, 2.05) is 0 Å². The summed E-state index contributed by atoms with van der Waals surface area (Å²) in [5.41, 5.74) is 2.22. The third-order valence-corrected chi connectivity index (χ3v) is 2.23. The van der Waals surface area contributed by atoms with E-state index in [9.17, 15) is 8.78 Å². The van der Waals surface area contributed by atoms with Gasteiger partial charge in [0.25, 0.3) is 5.92 Å². The summed E-state index contributed by atoms with van der Waals surface area (Å²) in [6, 6.07) is 0. The van der Waals surface area contributed by atoms with Crippen LogP contribution in [0.4, 0.5) is 8.78 Å². The Kier molecular flexibility index (Phi) is 2.62. The van der Waals surface area contributed by atoms with Gasteiger partial charge in [-0.05, 0) is 12.8 Å². The molecule has 0 heterocycles. The maximum absolute atomic E-state index is 13.1. The van der Waals surface area contributed by atoms with Gasteiger partial charge in [-0.1, -0.05) is 0 Å². The highest BCUT2D eigenvalue weighted by molar-refractivity contribution is 5.85. The molecule has 0 aromatic heterocycles. The van der Waals surface area contributed by atoms with Crippen molar-refractivity contribution in [1.82, 2.24) is 5.43 Å². The zero-order valence-electron chi connectivity index (χ0n) is 6.98. The summed E-state index contributed by atoms with van der Waals surface area (Å²) in [5, 5.41) is 0. The summed E-state index contributed by atoms with van der Waals surface area (Å²) < 4.78 is 26.1. The van der Waals surface area contributed by atoms with E-state index in [1.54, 1.807) is 0 Å². The number of hydrogen-bond acceptors (Lipinski definition) is 2. The standard InChI is InChI=1S/C7H13F2N3/c1-11-6(12-10)5-3-2-4-7(5,8)9/h5H,2-4,10H2,1H3,(H,11,12). The minimum atomic E-state index is -2.64. The van der Waals surface area contributed by atoms with E-state index in [0.29, 0.717) is 12.8 Å². The van der Waals surface area contributed by atoms with E-state index in [0.717, 1.165) is 0 Å². The molecule has 0 radical (unpaired) electrons. The van der Waals surface area contributed by atoms with E-state index in [2.05, 4.69) is 10.4 Å². The van der Waals surface area contributed by atoms with Crippen LogP contribution in [0.2, 0.25) is 0 Å². The Morgan fingerprint density at radius 2 is 2.33 bits per heavy atom. The van der Waals surface area contributed by atoms with Crippen molar-refractivity contribution in [2.24, 2.45) is 16.8 Å². The Bertz CT molecular complexity index is 191. The van der Waals surface area contributed by atoms with Crippen molar-refractivity contribution in [2.75, 3.05) is 7.05 Å². The van der Waals surface area contributed by atoms with Crippen LogP contribution in [0.5, 0.6) is 0 Å². The van der Waals surface area contributed by atoms with Crippen molar-refractivity contribution in [3.63, 3.8) is 0 Å². The van der Waals surface area contributed by atoms with E-state index in [-0.39, 0.29) is 12.3 Å². The molecule has 1 atom stereocenters. The molecule has 5 heteroatoms. The number of nitrogens with two attached hydrogens (primary N) is 1. The predicted molar refractivity (Wildman–Crippen MR) is 43.0 cm³/mol. The molecular weight excluding hydrogens is 164 g/mol. The van der Waals surface area contributed by atoms with Crippen LogP contribution in [0.25, 0.3) is 0 Å². The molecule has 0 saturated heterocycles.